The van der Waals surface area contributed by atoms with E-state index in [-0.39, 0.29) is 37.0 Å². The molecule has 2 aliphatic heterocycles. The number of ether oxygens (including phenoxy) is 1. The summed E-state index contributed by atoms with van der Waals surface area (Å²) in [7, 11) is -3.56. The Kier molecular flexibility index (Phi) is 6.49. The molecule has 0 N–H and O–H groups in total. The van der Waals surface area contributed by atoms with Crippen molar-refractivity contribution in [2.75, 3.05) is 39.3 Å². The minimum Gasteiger partial charge on any atom is -0.373 e. The summed E-state index contributed by atoms with van der Waals surface area (Å²) in [6, 6.07) is 5.85. The summed E-state index contributed by atoms with van der Waals surface area (Å²) in [6.45, 7) is 5.60. The van der Waals surface area contributed by atoms with Crippen LogP contribution in [0, 0.1) is 5.82 Å². The van der Waals surface area contributed by atoms with Crippen LogP contribution in [0.3, 0.4) is 0 Å². The molecule has 7 nitrogen and oxygen atoms in total. The summed E-state index contributed by atoms with van der Waals surface area (Å²) in [4.78, 5) is 14.0. The van der Waals surface area contributed by atoms with Crippen LogP contribution in [0.2, 0.25) is 0 Å². The summed E-state index contributed by atoms with van der Waals surface area (Å²) in [6.07, 6.45) is 2.78. The van der Waals surface area contributed by atoms with Crippen molar-refractivity contribution in [3.05, 3.63) is 41.7 Å². The summed E-state index contributed by atoms with van der Waals surface area (Å²) in [5.74, 6) is -0.514. The molecule has 0 bridgehead atoms. The van der Waals surface area contributed by atoms with Crippen LogP contribution in [0.15, 0.2) is 30.3 Å². The molecule has 3 rings (SSSR count). The van der Waals surface area contributed by atoms with Crippen LogP contribution in [0.25, 0.3) is 6.08 Å². The van der Waals surface area contributed by atoms with Gasteiger partial charge in [0, 0.05) is 45.3 Å². The quantitative estimate of drug-likeness (QED) is 0.701. The molecule has 1 aromatic carbocycles. The third kappa shape index (κ3) is 4.96. The van der Waals surface area contributed by atoms with Gasteiger partial charge in [0.15, 0.2) is 0 Å². The Morgan fingerprint density at radius 1 is 1.04 bits per heavy atom. The van der Waals surface area contributed by atoms with Gasteiger partial charge in [0.1, 0.15) is 5.82 Å². The van der Waals surface area contributed by atoms with Gasteiger partial charge in [-0.1, -0.05) is 12.1 Å². The van der Waals surface area contributed by atoms with E-state index in [0.717, 1.165) is 5.56 Å². The lowest BCUT2D eigenvalue weighted by molar-refractivity contribution is -0.127. The molecule has 2 atom stereocenters. The second-order valence-electron chi connectivity index (χ2n) is 7.19. The molecule has 1 aromatic rings. The van der Waals surface area contributed by atoms with Gasteiger partial charge in [0.25, 0.3) is 10.2 Å². The number of morpholine rings is 1. The third-order valence-electron chi connectivity index (χ3n) is 4.88. The summed E-state index contributed by atoms with van der Waals surface area (Å²) in [5.41, 5.74) is 0.728. The van der Waals surface area contributed by atoms with Gasteiger partial charge in [-0.2, -0.15) is 17.0 Å². The molecule has 2 unspecified atom stereocenters. The number of hydrogen-bond donors (Lipinski definition) is 0. The zero-order valence-corrected chi connectivity index (χ0v) is 16.9. The van der Waals surface area contributed by atoms with Crippen LogP contribution in [-0.4, -0.2) is 79.3 Å². The molecular formula is C19H26FN3O4S. The molecule has 2 saturated heterocycles. The smallest absolute Gasteiger partial charge is 0.282 e. The molecular weight excluding hydrogens is 385 g/mol. The summed E-state index contributed by atoms with van der Waals surface area (Å²) >= 11 is 0. The first-order valence-corrected chi connectivity index (χ1v) is 10.8. The summed E-state index contributed by atoms with van der Waals surface area (Å²) in [5, 5.41) is 0. The Labute approximate surface area is 165 Å². The Balaban J connectivity index is 1.56. The molecule has 2 heterocycles. The first-order valence-electron chi connectivity index (χ1n) is 9.39. The molecule has 0 aromatic heterocycles. The topological polar surface area (TPSA) is 70.2 Å². The van der Waals surface area contributed by atoms with E-state index in [2.05, 4.69) is 0 Å². The molecule has 0 radical (unpaired) electrons. The number of halogens is 1. The van der Waals surface area contributed by atoms with E-state index in [9.17, 15) is 17.6 Å². The second kappa shape index (κ2) is 8.69. The lowest BCUT2D eigenvalue weighted by Gasteiger charge is -2.40. The second-order valence-corrected chi connectivity index (χ2v) is 9.12. The maximum atomic E-state index is 12.9. The molecule has 0 spiro atoms. The highest BCUT2D eigenvalue weighted by Crippen LogP contribution is 2.19. The first kappa shape index (κ1) is 20.9. The van der Waals surface area contributed by atoms with Gasteiger partial charge in [-0.3, -0.25) is 4.79 Å². The minimum absolute atomic E-state index is 0.141. The molecule has 154 valence electrons. The van der Waals surface area contributed by atoms with Crippen molar-refractivity contribution in [1.82, 2.24) is 13.5 Å². The summed E-state index contributed by atoms with van der Waals surface area (Å²) < 4.78 is 47.2. The van der Waals surface area contributed by atoms with E-state index >= 15 is 0 Å². The number of carbonyl (C=O) groups is 1. The highest BCUT2D eigenvalue weighted by Gasteiger charge is 2.37. The van der Waals surface area contributed by atoms with Gasteiger partial charge in [-0.05, 0) is 37.6 Å². The fourth-order valence-electron chi connectivity index (χ4n) is 3.47. The van der Waals surface area contributed by atoms with Crippen molar-refractivity contribution in [3.63, 3.8) is 0 Å². The number of rotatable bonds is 4. The van der Waals surface area contributed by atoms with Gasteiger partial charge >= 0.3 is 0 Å². The SMILES string of the molecule is CC1CN(S(=O)(=O)N2CCN(C(=O)C=Cc3ccc(F)cc3)CC2)CC(C)O1. The number of benzene rings is 1. The Morgan fingerprint density at radius 3 is 2.18 bits per heavy atom. The van der Waals surface area contributed by atoms with E-state index in [1.54, 1.807) is 23.1 Å². The van der Waals surface area contributed by atoms with Crippen LogP contribution in [0.5, 0.6) is 0 Å². The number of nitrogens with zero attached hydrogens (tertiary/aromatic N) is 3. The lowest BCUT2D eigenvalue weighted by Crippen LogP contribution is -2.57. The van der Waals surface area contributed by atoms with E-state index < -0.39 is 10.2 Å². The predicted molar refractivity (Wildman–Crippen MR) is 104 cm³/mol. The fraction of sp³-hybridized carbons (Fsp3) is 0.526. The van der Waals surface area contributed by atoms with E-state index in [0.29, 0.717) is 26.2 Å². The van der Waals surface area contributed by atoms with Gasteiger partial charge < -0.3 is 9.64 Å². The maximum absolute atomic E-state index is 12.9. The highest BCUT2D eigenvalue weighted by atomic mass is 32.2. The Morgan fingerprint density at radius 2 is 1.61 bits per heavy atom. The van der Waals surface area contributed by atoms with Crippen LogP contribution >= 0.6 is 0 Å². The number of carbonyl (C=O) groups excluding carboxylic acids is 1. The highest BCUT2D eigenvalue weighted by molar-refractivity contribution is 7.86. The number of hydrogen-bond acceptors (Lipinski definition) is 4. The van der Waals surface area contributed by atoms with Crippen molar-refractivity contribution in [3.8, 4) is 0 Å². The maximum Gasteiger partial charge on any atom is 0.282 e. The van der Waals surface area contributed by atoms with E-state index in [1.807, 2.05) is 13.8 Å². The standard InChI is InChI=1S/C19H26FN3O4S/c1-15-13-23(14-16(2)27-15)28(25,26)22-11-9-21(10-12-22)19(24)8-5-17-3-6-18(20)7-4-17/h3-8,15-16H,9-14H2,1-2H3. The third-order valence-corrected chi connectivity index (χ3v) is 6.85. The predicted octanol–water partition coefficient (Wildman–Crippen LogP) is 1.34. The number of amides is 1. The average Bonchev–Trinajstić information content (AvgIpc) is 2.66. The monoisotopic (exact) mass is 411 g/mol. The molecule has 2 fully saturated rings. The van der Waals surface area contributed by atoms with Crippen LogP contribution < -0.4 is 0 Å². The Bertz CT molecular complexity index is 810. The van der Waals surface area contributed by atoms with Crippen molar-refractivity contribution >= 4 is 22.2 Å². The van der Waals surface area contributed by atoms with Crippen LogP contribution in [0.1, 0.15) is 19.4 Å². The normalized spacial score (nSPS) is 25.3. The van der Waals surface area contributed by atoms with Crippen molar-refractivity contribution < 1.29 is 22.3 Å². The zero-order chi connectivity index (χ0) is 20.3. The molecule has 2 aliphatic rings. The van der Waals surface area contributed by atoms with Gasteiger partial charge in [0.2, 0.25) is 5.91 Å². The Hall–Kier alpha value is -1.81. The first-order chi connectivity index (χ1) is 13.3. The van der Waals surface area contributed by atoms with Gasteiger partial charge in [-0.25, -0.2) is 4.39 Å². The van der Waals surface area contributed by atoms with Crippen molar-refractivity contribution in [1.29, 1.82) is 0 Å². The van der Waals surface area contributed by atoms with Crippen molar-refractivity contribution in [2.24, 2.45) is 0 Å². The molecule has 28 heavy (non-hydrogen) atoms. The van der Waals surface area contributed by atoms with Gasteiger partial charge in [-0.15, -0.1) is 0 Å². The largest absolute Gasteiger partial charge is 0.373 e. The molecule has 0 saturated carbocycles. The van der Waals surface area contributed by atoms with Gasteiger partial charge in [0.05, 0.1) is 12.2 Å². The molecule has 9 heteroatoms. The van der Waals surface area contributed by atoms with Crippen LogP contribution in [0.4, 0.5) is 4.39 Å². The molecule has 0 aliphatic carbocycles. The lowest BCUT2D eigenvalue weighted by atomic mass is 10.2. The van der Waals surface area contributed by atoms with Crippen LogP contribution in [-0.2, 0) is 19.7 Å². The molecule has 1 amide bonds. The van der Waals surface area contributed by atoms with E-state index in [4.69, 9.17) is 4.74 Å². The van der Waals surface area contributed by atoms with E-state index in [1.165, 1.54) is 26.8 Å². The minimum atomic E-state index is -3.56. The zero-order valence-electron chi connectivity index (χ0n) is 16.1. The average molecular weight is 411 g/mol. The number of piperazine rings is 1. The van der Waals surface area contributed by atoms with Crippen molar-refractivity contribution in [2.45, 2.75) is 26.1 Å². The fourth-order valence-corrected chi connectivity index (χ4v) is 5.22.